The highest BCUT2D eigenvalue weighted by Gasteiger charge is 2.32. The fourth-order valence-corrected chi connectivity index (χ4v) is 6.42. The smallest absolute Gasteiger partial charge is 0.318 e. The van der Waals surface area contributed by atoms with Crippen LogP contribution in [0.1, 0.15) is 48.3 Å². The van der Waals surface area contributed by atoms with Crippen LogP contribution in [0.5, 0.6) is 0 Å². The third-order valence-corrected chi connectivity index (χ3v) is 8.93. The predicted molar refractivity (Wildman–Crippen MR) is 170 cm³/mol. The van der Waals surface area contributed by atoms with Gasteiger partial charge >= 0.3 is 6.03 Å². The van der Waals surface area contributed by atoms with Crippen LogP contribution >= 0.6 is 0 Å². The molecule has 8 heteroatoms. The summed E-state index contributed by atoms with van der Waals surface area (Å²) in [7, 11) is 0. The number of likely N-dealkylation sites (tertiary alicyclic amines) is 1. The lowest BCUT2D eigenvalue weighted by Gasteiger charge is -2.34. The van der Waals surface area contributed by atoms with Gasteiger partial charge in [-0.05, 0) is 53.6 Å². The van der Waals surface area contributed by atoms with Crippen LogP contribution in [0.25, 0.3) is 10.9 Å². The third kappa shape index (κ3) is 6.92. The monoisotopic (exact) mass is 579 g/mol. The van der Waals surface area contributed by atoms with Crippen LogP contribution < -0.4 is 10.6 Å². The zero-order valence-corrected chi connectivity index (χ0v) is 24.8. The Morgan fingerprint density at radius 1 is 0.930 bits per heavy atom. The molecular formula is C35H41N5O3. The van der Waals surface area contributed by atoms with Gasteiger partial charge in [0.05, 0.1) is 13.2 Å². The summed E-state index contributed by atoms with van der Waals surface area (Å²) in [6.07, 6.45) is 3.76. The number of H-pyrrole nitrogens is 1. The number of carbonyl (C=O) groups excluding carboxylic acids is 2. The minimum atomic E-state index is -0.763. The lowest BCUT2D eigenvalue weighted by atomic mass is 9.89. The lowest BCUT2D eigenvalue weighted by molar-refractivity contribution is -0.118. The van der Waals surface area contributed by atoms with Crippen molar-refractivity contribution in [3.8, 4) is 0 Å². The van der Waals surface area contributed by atoms with E-state index < -0.39 is 6.04 Å². The van der Waals surface area contributed by atoms with Gasteiger partial charge in [0.15, 0.2) is 0 Å². The van der Waals surface area contributed by atoms with Gasteiger partial charge in [0.25, 0.3) is 0 Å². The molecule has 2 fully saturated rings. The first-order valence-corrected chi connectivity index (χ1v) is 15.4. The van der Waals surface area contributed by atoms with E-state index in [-0.39, 0.29) is 17.9 Å². The summed E-state index contributed by atoms with van der Waals surface area (Å²) < 4.78 is 5.48. The number of ether oxygens (including phenoxy) is 1. The second-order valence-electron chi connectivity index (χ2n) is 11.8. The largest absolute Gasteiger partial charge is 0.379 e. The molecule has 6 rings (SSSR count). The summed E-state index contributed by atoms with van der Waals surface area (Å²) in [5.74, 6) is -0.0495. The van der Waals surface area contributed by atoms with Crippen LogP contribution in [0.4, 0.5) is 10.5 Å². The van der Waals surface area contributed by atoms with Crippen molar-refractivity contribution in [2.24, 2.45) is 0 Å². The van der Waals surface area contributed by atoms with Gasteiger partial charge in [-0.3, -0.25) is 9.69 Å². The van der Waals surface area contributed by atoms with Crippen molar-refractivity contribution in [3.63, 3.8) is 0 Å². The number of fused-ring (bicyclic) bond motifs is 1. The summed E-state index contributed by atoms with van der Waals surface area (Å²) in [6, 6.07) is 25.6. The number of benzene rings is 3. The number of aromatic amines is 1. The van der Waals surface area contributed by atoms with Crippen LogP contribution in [0, 0.1) is 0 Å². The van der Waals surface area contributed by atoms with Crippen molar-refractivity contribution >= 4 is 28.5 Å². The van der Waals surface area contributed by atoms with Gasteiger partial charge in [0.2, 0.25) is 5.91 Å². The van der Waals surface area contributed by atoms with Crippen molar-refractivity contribution in [2.45, 2.75) is 44.2 Å². The Kier molecular flexibility index (Phi) is 9.05. The quantitative estimate of drug-likeness (QED) is 0.250. The molecule has 3 heterocycles. The highest BCUT2D eigenvalue weighted by molar-refractivity contribution is 5.98. The minimum Gasteiger partial charge on any atom is -0.379 e. The molecule has 0 bridgehead atoms. The van der Waals surface area contributed by atoms with Crippen molar-refractivity contribution in [2.75, 3.05) is 44.7 Å². The van der Waals surface area contributed by atoms with Crippen molar-refractivity contribution < 1.29 is 14.3 Å². The van der Waals surface area contributed by atoms with E-state index in [2.05, 4.69) is 56.9 Å². The molecule has 0 saturated carbocycles. The molecule has 224 valence electrons. The number of para-hydroxylation sites is 1. The molecule has 8 nitrogen and oxygen atoms in total. The number of hydrogen-bond donors (Lipinski definition) is 3. The second-order valence-corrected chi connectivity index (χ2v) is 11.8. The Balaban J connectivity index is 1.18. The van der Waals surface area contributed by atoms with Gasteiger partial charge in [0, 0.05) is 61.4 Å². The number of aromatic nitrogens is 1. The zero-order chi connectivity index (χ0) is 29.6. The number of piperidine rings is 1. The number of urea groups is 1. The predicted octanol–water partition coefficient (Wildman–Crippen LogP) is 5.70. The first-order chi connectivity index (χ1) is 21.0. The Morgan fingerprint density at radius 2 is 1.67 bits per heavy atom. The average Bonchev–Trinajstić information content (AvgIpc) is 3.49. The average molecular weight is 580 g/mol. The fraction of sp³-hybridized carbons (Fsp3) is 0.371. The van der Waals surface area contributed by atoms with E-state index in [0.717, 1.165) is 73.4 Å². The normalized spacial score (nSPS) is 17.8. The Labute approximate surface area is 253 Å². The van der Waals surface area contributed by atoms with Gasteiger partial charge in [-0.25, -0.2) is 4.79 Å². The number of morpholine rings is 1. The first-order valence-electron chi connectivity index (χ1n) is 15.4. The van der Waals surface area contributed by atoms with Crippen LogP contribution in [-0.2, 0) is 16.1 Å². The van der Waals surface area contributed by atoms with E-state index in [4.69, 9.17) is 4.74 Å². The summed E-state index contributed by atoms with van der Waals surface area (Å²) in [4.78, 5) is 35.1. The minimum absolute atomic E-state index is 0.195. The molecule has 4 aromatic rings. The first kappa shape index (κ1) is 29.0. The third-order valence-electron chi connectivity index (χ3n) is 8.93. The van der Waals surface area contributed by atoms with E-state index in [1.165, 1.54) is 5.56 Å². The topological polar surface area (TPSA) is 89.7 Å². The zero-order valence-electron chi connectivity index (χ0n) is 24.8. The van der Waals surface area contributed by atoms with Crippen LogP contribution in [0.15, 0.2) is 85.1 Å². The summed E-state index contributed by atoms with van der Waals surface area (Å²) >= 11 is 0. The molecule has 2 unspecified atom stereocenters. The van der Waals surface area contributed by atoms with Gasteiger partial charge in [-0.1, -0.05) is 67.6 Å². The van der Waals surface area contributed by atoms with Gasteiger partial charge in [0.1, 0.15) is 6.04 Å². The molecule has 2 atom stereocenters. The molecule has 1 aromatic heterocycles. The number of nitrogens with one attached hydrogen (secondary N) is 3. The maximum Gasteiger partial charge on any atom is 0.318 e. The number of nitrogens with zero attached hydrogens (tertiary/aromatic N) is 2. The molecule has 3 amide bonds. The number of amides is 3. The number of hydrogen-bond acceptors (Lipinski definition) is 4. The molecule has 43 heavy (non-hydrogen) atoms. The van der Waals surface area contributed by atoms with E-state index >= 15 is 0 Å². The molecular weight excluding hydrogens is 538 g/mol. The van der Waals surface area contributed by atoms with Crippen molar-refractivity contribution in [1.29, 1.82) is 0 Å². The van der Waals surface area contributed by atoms with Crippen molar-refractivity contribution in [1.82, 2.24) is 20.1 Å². The Hall–Kier alpha value is -4.14. The molecule has 3 aromatic carbocycles. The highest BCUT2D eigenvalue weighted by atomic mass is 16.5. The summed E-state index contributed by atoms with van der Waals surface area (Å²) in [6.45, 7) is 7.41. The van der Waals surface area contributed by atoms with E-state index in [9.17, 15) is 9.59 Å². The number of carbonyl (C=O) groups is 2. The summed E-state index contributed by atoms with van der Waals surface area (Å²) in [5, 5.41) is 7.31. The van der Waals surface area contributed by atoms with Gasteiger partial charge in [-0.2, -0.15) is 0 Å². The molecule has 0 aliphatic carbocycles. The fourth-order valence-electron chi connectivity index (χ4n) is 6.42. The van der Waals surface area contributed by atoms with Gasteiger partial charge in [-0.15, -0.1) is 0 Å². The Morgan fingerprint density at radius 3 is 2.47 bits per heavy atom. The second kappa shape index (κ2) is 13.4. The van der Waals surface area contributed by atoms with E-state index in [0.29, 0.717) is 19.0 Å². The molecule has 0 spiro atoms. The molecule has 2 aliphatic heterocycles. The van der Waals surface area contributed by atoms with E-state index in [1.54, 1.807) is 0 Å². The van der Waals surface area contributed by atoms with Crippen LogP contribution in [0.3, 0.4) is 0 Å². The maximum atomic E-state index is 14.0. The molecule has 2 saturated heterocycles. The summed E-state index contributed by atoms with van der Waals surface area (Å²) in [5.41, 5.74) is 5.19. The lowest BCUT2D eigenvalue weighted by Crippen LogP contribution is -2.53. The van der Waals surface area contributed by atoms with Crippen molar-refractivity contribution in [3.05, 3.63) is 102 Å². The number of anilines is 1. The van der Waals surface area contributed by atoms with Crippen LogP contribution in [0.2, 0.25) is 0 Å². The van der Waals surface area contributed by atoms with Crippen LogP contribution in [-0.4, -0.2) is 72.2 Å². The van der Waals surface area contributed by atoms with E-state index in [1.807, 2.05) is 60.5 Å². The molecule has 3 N–H and O–H groups in total. The number of rotatable bonds is 8. The van der Waals surface area contributed by atoms with Gasteiger partial charge < -0.3 is 25.3 Å². The highest BCUT2D eigenvalue weighted by Crippen LogP contribution is 2.30. The Bertz CT molecular complexity index is 1520. The standard InChI is InChI=1S/C35H41N5O3/c1-25(31-23-36-32-13-6-5-12-30(31)32)33(38-35(42)40-16-14-28(15-17-40)27-9-3-2-4-10-27)34(41)37-29-11-7-8-26(22-29)24-39-18-20-43-21-19-39/h2-13,22-23,25,28,33,36H,14-21,24H2,1H3,(H,37,41)(H,38,42). The SMILES string of the molecule is CC(c1c[nH]c2ccccc12)C(NC(=O)N1CCC(c2ccccc2)CC1)C(=O)Nc1cccc(CN2CCOCC2)c1. The molecule has 0 radical (unpaired) electrons. The molecule has 2 aliphatic rings. The maximum absolute atomic E-state index is 14.0.